The summed E-state index contributed by atoms with van der Waals surface area (Å²) in [6, 6.07) is 12.2. The van der Waals surface area contributed by atoms with E-state index in [4.69, 9.17) is 0 Å². The molecule has 0 aromatic heterocycles. The number of carbonyl (C=O) groups excluding carboxylic acids is 1. The molecule has 2 aliphatic heterocycles. The summed E-state index contributed by atoms with van der Waals surface area (Å²) in [5.41, 5.74) is 3.11. The number of carbonyl (C=O) groups is 2. The van der Waals surface area contributed by atoms with Gasteiger partial charge in [0, 0.05) is 32.2 Å². The molecule has 198 valence electrons. The third kappa shape index (κ3) is 5.08. The standard InChI is InChI=1S/C29H35F2N3O3/c1-19(2)22-5-3-4-6-23(22)26-17-32(16-20-7-8-24(30)25(31)13-20)18-27(35)34(26)21-14-29(15-21)9-11-33(12-10-29)28(36)37/h3-8,13,19,21,26H,9-12,14-18H2,1-2H3,(H,36,37). The van der Waals surface area contributed by atoms with Crippen LogP contribution in [0.15, 0.2) is 42.5 Å². The van der Waals surface area contributed by atoms with Crippen molar-refractivity contribution in [3.8, 4) is 0 Å². The molecular weight excluding hydrogens is 476 g/mol. The first-order valence-electron chi connectivity index (χ1n) is 13.2. The normalized spacial score (nSPS) is 22.5. The summed E-state index contributed by atoms with van der Waals surface area (Å²) < 4.78 is 27.3. The van der Waals surface area contributed by atoms with Crippen LogP contribution < -0.4 is 0 Å². The van der Waals surface area contributed by atoms with Crippen LogP contribution in [0, 0.1) is 17.0 Å². The number of hydrogen-bond acceptors (Lipinski definition) is 3. The number of carboxylic acid groups (broad SMARTS) is 1. The molecule has 1 N–H and O–H groups in total. The molecule has 2 heterocycles. The number of amides is 2. The molecule has 1 unspecified atom stereocenters. The monoisotopic (exact) mass is 511 g/mol. The van der Waals surface area contributed by atoms with Crippen LogP contribution in [0.4, 0.5) is 13.6 Å². The largest absolute Gasteiger partial charge is 0.465 e. The first-order valence-corrected chi connectivity index (χ1v) is 13.2. The van der Waals surface area contributed by atoms with Gasteiger partial charge in [-0.05, 0) is 65.8 Å². The molecule has 3 aliphatic rings. The second kappa shape index (κ2) is 10.0. The van der Waals surface area contributed by atoms with Crippen molar-refractivity contribution in [1.29, 1.82) is 0 Å². The molecule has 1 aliphatic carbocycles. The molecule has 2 aromatic rings. The number of hydrogen-bond donors (Lipinski definition) is 1. The first kappa shape index (κ1) is 25.6. The minimum Gasteiger partial charge on any atom is -0.465 e. The molecule has 0 bridgehead atoms. The number of nitrogens with zero attached hydrogens (tertiary/aromatic N) is 3. The van der Waals surface area contributed by atoms with E-state index < -0.39 is 17.7 Å². The second-order valence-electron chi connectivity index (χ2n) is 11.4. The van der Waals surface area contributed by atoms with Crippen LogP contribution in [-0.4, -0.2) is 64.0 Å². The van der Waals surface area contributed by atoms with Gasteiger partial charge in [-0.15, -0.1) is 0 Å². The van der Waals surface area contributed by atoms with Gasteiger partial charge in [-0.2, -0.15) is 0 Å². The van der Waals surface area contributed by atoms with E-state index in [1.807, 2.05) is 17.0 Å². The van der Waals surface area contributed by atoms with Crippen molar-refractivity contribution >= 4 is 12.0 Å². The number of halogens is 2. The van der Waals surface area contributed by atoms with E-state index in [2.05, 4.69) is 30.9 Å². The maximum Gasteiger partial charge on any atom is 0.407 e. The van der Waals surface area contributed by atoms with Gasteiger partial charge in [0.15, 0.2) is 11.6 Å². The number of likely N-dealkylation sites (tertiary alicyclic amines) is 1. The van der Waals surface area contributed by atoms with Crippen LogP contribution in [0.1, 0.15) is 68.2 Å². The van der Waals surface area contributed by atoms with Crippen LogP contribution in [0.5, 0.6) is 0 Å². The van der Waals surface area contributed by atoms with Crippen LogP contribution >= 0.6 is 0 Å². The van der Waals surface area contributed by atoms with Crippen molar-refractivity contribution in [2.75, 3.05) is 26.2 Å². The predicted molar refractivity (Wildman–Crippen MR) is 136 cm³/mol. The molecule has 0 radical (unpaired) electrons. The highest BCUT2D eigenvalue weighted by Gasteiger charge is 2.52. The first-order chi connectivity index (χ1) is 17.7. The third-order valence-corrected chi connectivity index (χ3v) is 8.61. The number of piperazine rings is 1. The Balaban J connectivity index is 1.38. The van der Waals surface area contributed by atoms with Crippen LogP contribution in [0.3, 0.4) is 0 Å². The zero-order valence-electron chi connectivity index (χ0n) is 21.5. The Morgan fingerprint density at radius 3 is 2.43 bits per heavy atom. The highest BCUT2D eigenvalue weighted by atomic mass is 19.2. The maximum atomic E-state index is 13.9. The number of rotatable bonds is 5. The second-order valence-corrected chi connectivity index (χ2v) is 11.4. The highest BCUT2D eigenvalue weighted by molar-refractivity contribution is 5.80. The van der Waals surface area contributed by atoms with Crippen molar-refractivity contribution in [3.05, 3.63) is 70.8 Å². The van der Waals surface area contributed by atoms with Crippen molar-refractivity contribution in [2.45, 2.75) is 64.1 Å². The van der Waals surface area contributed by atoms with Gasteiger partial charge in [0.2, 0.25) is 5.91 Å². The zero-order valence-corrected chi connectivity index (χ0v) is 21.5. The lowest BCUT2D eigenvalue weighted by molar-refractivity contribution is -0.153. The van der Waals surface area contributed by atoms with Crippen molar-refractivity contribution in [3.63, 3.8) is 0 Å². The molecule has 1 spiro atoms. The molecule has 1 atom stereocenters. The average molecular weight is 512 g/mol. The van der Waals surface area contributed by atoms with E-state index in [1.54, 1.807) is 6.07 Å². The van der Waals surface area contributed by atoms with E-state index in [1.165, 1.54) is 16.5 Å². The van der Waals surface area contributed by atoms with Gasteiger partial charge >= 0.3 is 6.09 Å². The smallest absolute Gasteiger partial charge is 0.407 e. The summed E-state index contributed by atoms with van der Waals surface area (Å²) in [6.45, 7) is 6.63. The molecule has 3 fully saturated rings. The lowest BCUT2D eigenvalue weighted by Crippen LogP contribution is -2.62. The van der Waals surface area contributed by atoms with Gasteiger partial charge in [-0.1, -0.05) is 44.2 Å². The van der Waals surface area contributed by atoms with Crippen molar-refractivity contribution in [1.82, 2.24) is 14.7 Å². The van der Waals surface area contributed by atoms with Crippen LogP contribution in [0.2, 0.25) is 0 Å². The summed E-state index contributed by atoms with van der Waals surface area (Å²) in [6.07, 6.45) is 2.62. The Kier molecular flexibility index (Phi) is 6.96. The molecule has 1 saturated carbocycles. The van der Waals surface area contributed by atoms with Crippen LogP contribution in [0.25, 0.3) is 0 Å². The van der Waals surface area contributed by atoms with E-state index in [0.29, 0.717) is 37.7 Å². The summed E-state index contributed by atoms with van der Waals surface area (Å²) in [7, 11) is 0. The third-order valence-electron chi connectivity index (χ3n) is 8.61. The van der Waals surface area contributed by atoms with E-state index in [-0.39, 0.29) is 30.0 Å². The number of benzene rings is 2. The number of piperidine rings is 1. The summed E-state index contributed by atoms with van der Waals surface area (Å²) in [5, 5.41) is 9.31. The summed E-state index contributed by atoms with van der Waals surface area (Å²) >= 11 is 0. The van der Waals surface area contributed by atoms with Gasteiger partial charge in [-0.25, -0.2) is 13.6 Å². The Hall–Kier alpha value is -3.00. The Morgan fingerprint density at radius 1 is 1.08 bits per heavy atom. The van der Waals surface area contributed by atoms with E-state index >= 15 is 0 Å². The van der Waals surface area contributed by atoms with Gasteiger partial charge in [0.05, 0.1) is 12.6 Å². The Bertz CT molecular complexity index is 1170. The molecular formula is C29H35F2N3O3. The molecule has 2 amide bonds. The van der Waals surface area contributed by atoms with Crippen LogP contribution in [-0.2, 0) is 11.3 Å². The van der Waals surface area contributed by atoms with Gasteiger partial charge in [-0.3, -0.25) is 9.69 Å². The quantitative estimate of drug-likeness (QED) is 0.584. The Morgan fingerprint density at radius 2 is 1.78 bits per heavy atom. The summed E-state index contributed by atoms with van der Waals surface area (Å²) in [5.74, 6) is -1.40. The van der Waals surface area contributed by atoms with E-state index in [0.717, 1.165) is 37.3 Å². The fourth-order valence-electron chi connectivity index (χ4n) is 6.62. The zero-order chi connectivity index (χ0) is 26.3. The summed E-state index contributed by atoms with van der Waals surface area (Å²) in [4.78, 5) is 30.6. The predicted octanol–water partition coefficient (Wildman–Crippen LogP) is 5.40. The van der Waals surface area contributed by atoms with Gasteiger partial charge in [0.25, 0.3) is 0 Å². The molecule has 5 rings (SSSR count). The molecule has 2 aromatic carbocycles. The topological polar surface area (TPSA) is 64.1 Å². The maximum absolute atomic E-state index is 13.9. The molecule has 8 heteroatoms. The Labute approximate surface area is 216 Å². The molecule has 37 heavy (non-hydrogen) atoms. The average Bonchev–Trinajstić information content (AvgIpc) is 2.85. The highest BCUT2D eigenvalue weighted by Crippen LogP contribution is 2.53. The minimum atomic E-state index is -0.877. The fraction of sp³-hybridized carbons (Fsp3) is 0.517. The lowest BCUT2D eigenvalue weighted by atomic mass is 9.59. The van der Waals surface area contributed by atoms with Crippen molar-refractivity contribution in [2.24, 2.45) is 5.41 Å². The lowest BCUT2D eigenvalue weighted by Gasteiger charge is -2.58. The molecule has 6 nitrogen and oxygen atoms in total. The van der Waals surface area contributed by atoms with E-state index in [9.17, 15) is 23.5 Å². The SMILES string of the molecule is CC(C)c1ccccc1C1CN(Cc2ccc(F)c(F)c2)CC(=O)N1C1CC2(CCN(C(=O)O)CC2)C1. The fourth-order valence-corrected chi connectivity index (χ4v) is 6.62. The molecule has 2 saturated heterocycles. The van der Waals surface area contributed by atoms with Gasteiger partial charge in [0.1, 0.15) is 0 Å². The van der Waals surface area contributed by atoms with Gasteiger partial charge < -0.3 is 14.9 Å². The minimum absolute atomic E-state index is 0.0558. The van der Waals surface area contributed by atoms with Crippen molar-refractivity contribution < 1.29 is 23.5 Å².